The van der Waals surface area contributed by atoms with Gasteiger partial charge in [0, 0.05) is 35.5 Å². The van der Waals surface area contributed by atoms with E-state index >= 15 is 0 Å². The lowest BCUT2D eigenvalue weighted by atomic mass is 9.86. The molecular weight excluding hydrogens is 412 g/mol. The molecule has 0 bridgehead atoms. The zero-order valence-corrected chi connectivity index (χ0v) is 19.0. The van der Waals surface area contributed by atoms with Gasteiger partial charge in [0.2, 0.25) is 0 Å². The van der Waals surface area contributed by atoms with E-state index in [2.05, 4.69) is 9.97 Å². The number of aromatic amines is 1. The first kappa shape index (κ1) is 23.0. The van der Waals surface area contributed by atoms with Crippen LogP contribution in [0, 0.1) is 0 Å². The van der Waals surface area contributed by atoms with Crippen LogP contribution < -0.4 is 4.74 Å². The van der Waals surface area contributed by atoms with Crippen LogP contribution in [0.25, 0.3) is 0 Å². The zero-order chi connectivity index (χ0) is 21.1. The van der Waals surface area contributed by atoms with Gasteiger partial charge in [0.1, 0.15) is 5.75 Å². The van der Waals surface area contributed by atoms with Gasteiger partial charge in [-0.05, 0) is 51.3 Å². The number of ketones is 1. The summed E-state index contributed by atoms with van der Waals surface area (Å²) in [6.45, 7) is 6.45. The molecule has 1 heterocycles. The number of H-pyrrole nitrogens is 1. The number of hydrogen-bond donors (Lipinski definition) is 1. The van der Waals surface area contributed by atoms with Crippen molar-refractivity contribution in [1.82, 2.24) is 9.97 Å². The van der Waals surface area contributed by atoms with Crippen molar-refractivity contribution in [3.05, 3.63) is 82.9 Å². The van der Waals surface area contributed by atoms with Crippen LogP contribution in [0.2, 0.25) is 0 Å². The summed E-state index contributed by atoms with van der Waals surface area (Å²) >= 11 is 0. The number of aromatic nitrogens is 2. The molecule has 4 rings (SSSR count). The van der Waals surface area contributed by atoms with Crippen molar-refractivity contribution < 1.29 is 14.3 Å². The third-order valence-corrected chi connectivity index (χ3v) is 5.67. The van der Waals surface area contributed by atoms with Crippen molar-refractivity contribution in [2.24, 2.45) is 0 Å². The fourth-order valence-corrected chi connectivity index (χ4v) is 4.03. The first-order valence-corrected chi connectivity index (χ1v) is 10.5. The molecule has 0 radical (unpaired) electrons. The SMILES string of the molecule is CC(C)OCc1c(O[C@@](C)(c2ccccc2)c2ncc[nH]2)ccc2c1CCCC2=O.Cl. The molecule has 1 aliphatic carbocycles. The van der Waals surface area contributed by atoms with Gasteiger partial charge in [-0.3, -0.25) is 4.79 Å². The molecule has 0 saturated carbocycles. The Morgan fingerprint density at radius 2 is 1.90 bits per heavy atom. The van der Waals surface area contributed by atoms with E-state index in [1.165, 1.54) is 0 Å². The fraction of sp³-hybridized carbons (Fsp3) is 0.360. The molecule has 5 nitrogen and oxygen atoms in total. The minimum Gasteiger partial charge on any atom is -0.474 e. The summed E-state index contributed by atoms with van der Waals surface area (Å²) in [6, 6.07) is 13.9. The third kappa shape index (κ3) is 4.68. The number of nitrogens with one attached hydrogen (secondary N) is 1. The van der Waals surface area contributed by atoms with Crippen molar-refractivity contribution in [3.63, 3.8) is 0 Å². The number of benzene rings is 2. The number of rotatable bonds is 7. The second kappa shape index (κ2) is 9.67. The summed E-state index contributed by atoms with van der Waals surface area (Å²) in [4.78, 5) is 20.2. The molecule has 3 aromatic rings. The van der Waals surface area contributed by atoms with E-state index in [9.17, 15) is 4.79 Å². The lowest BCUT2D eigenvalue weighted by Crippen LogP contribution is -2.33. The summed E-state index contributed by atoms with van der Waals surface area (Å²) in [5.41, 5.74) is 2.99. The third-order valence-electron chi connectivity index (χ3n) is 5.67. The van der Waals surface area contributed by atoms with E-state index in [0.717, 1.165) is 46.7 Å². The van der Waals surface area contributed by atoms with E-state index in [1.54, 1.807) is 12.4 Å². The molecule has 0 spiro atoms. The molecule has 1 aliphatic rings. The number of imidazole rings is 1. The second-order valence-corrected chi connectivity index (χ2v) is 8.14. The lowest BCUT2D eigenvalue weighted by Gasteiger charge is -2.32. The van der Waals surface area contributed by atoms with Crippen LogP contribution in [-0.4, -0.2) is 21.9 Å². The summed E-state index contributed by atoms with van der Waals surface area (Å²) in [5, 5.41) is 0. The number of hydrogen-bond acceptors (Lipinski definition) is 4. The van der Waals surface area contributed by atoms with Crippen molar-refractivity contribution in [2.45, 2.75) is 58.3 Å². The number of nitrogens with zero attached hydrogens (tertiary/aromatic N) is 1. The van der Waals surface area contributed by atoms with Crippen molar-refractivity contribution >= 4 is 18.2 Å². The van der Waals surface area contributed by atoms with Crippen LogP contribution in [0.1, 0.15) is 66.5 Å². The van der Waals surface area contributed by atoms with Crippen LogP contribution in [-0.2, 0) is 23.4 Å². The molecule has 0 aliphatic heterocycles. The Bertz CT molecular complexity index is 1020. The molecule has 1 atom stereocenters. The van der Waals surface area contributed by atoms with Crippen LogP contribution in [0.4, 0.5) is 0 Å². The van der Waals surface area contributed by atoms with Crippen molar-refractivity contribution in [3.8, 4) is 5.75 Å². The minimum atomic E-state index is -0.815. The summed E-state index contributed by atoms with van der Waals surface area (Å²) in [6.07, 6.45) is 5.93. The van der Waals surface area contributed by atoms with Crippen LogP contribution in [0.5, 0.6) is 5.75 Å². The zero-order valence-electron chi connectivity index (χ0n) is 18.2. The predicted molar refractivity (Wildman–Crippen MR) is 123 cm³/mol. The maximum Gasteiger partial charge on any atom is 0.188 e. The standard InChI is InChI=1S/C25H28N2O3.ClH/c1-17(2)29-16-21-19-10-7-11-22(28)20(19)12-13-23(21)30-25(3,24-26-14-15-27-24)18-8-5-4-6-9-18;/h4-6,8-9,12-15,17H,7,10-11,16H2,1-3H3,(H,26,27);1H/t25-;/m0./s1. The highest BCUT2D eigenvalue weighted by molar-refractivity contribution is 5.99. The number of ether oxygens (including phenoxy) is 2. The molecule has 1 N–H and O–H groups in total. The highest BCUT2D eigenvalue weighted by atomic mass is 35.5. The highest BCUT2D eigenvalue weighted by Gasteiger charge is 2.35. The van der Waals surface area contributed by atoms with Crippen LogP contribution in [0.3, 0.4) is 0 Å². The molecule has 0 amide bonds. The van der Waals surface area contributed by atoms with E-state index in [1.807, 2.05) is 63.2 Å². The Kier molecular flexibility index (Phi) is 7.19. The maximum absolute atomic E-state index is 12.5. The number of carbonyl (C=O) groups is 1. The average molecular weight is 441 g/mol. The van der Waals surface area contributed by atoms with Gasteiger partial charge in [-0.2, -0.15) is 0 Å². The summed E-state index contributed by atoms with van der Waals surface area (Å²) < 4.78 is 12.7. The van der Waals surface area contributed by atoms with E-state index in [0.29, 0.717) is 13.0 Å². The number of Topliss-reactive ketones (excluding diaryl/α,β-unsaturated/α-hetero) is 1. The fourth-order valence-electron chi connectivity index (χ4n) is 4.03. The molecule has 0 unspecified atom stereocenters. The molecule has 0 saturated heterocycles. The molecule has 2 aromatic carbocycles. The number of halogens is 1. The smallest absolute Gasteiger partial charge is 0.188 e. The molecule has 6 heteroatoms. The van der Waals surface area contributed by atoms with Crippen molar-refractivity contribution in [2.75, 3.05) is 0 Å². The molecule has 1 aromatic heterocycles. The van der Waals surface area contributed by atoms with Crippen molar-refractivity contribution in [1.29, 1.82) is 0 Å². The van der Waals surface area contributed by atoms with E-state index < -0.39 is 5.60 Å². The normalized spacial score (nSPS) is 15.2. The van der Waals surface area contributed by atoms with Gasteiger partial charge < -0.3 is 14.5 Å². The second-order valence-electron chi connectivity index (χ2n) is 8.14. The van der Waals surface area contributed by atoms with E-state index in [-0.39, 0.29) is 24.3 Å². The van der Waals surface area contributed by atoms with Gasteiger partial charge in [0.25, 0.3) is 0 Å². The predicted octanol–water partition coefficient (Wildman–Crippen LogP) is 5.62. The summed E-state index contributed by atoms with van der Waals surface area (Å²) in [5.74, 6) is 1.65. The number of carbonyl (C=O) groups excluding carboxylic acids is 1. The highest BCUT2D eigenvalue weighted by Crippen LogP contribution is 2.38. The van der Waals surface area contributed by atoms with Crippen LogP contribution >= 0.6 is 12.4 Å². The first-order valence-electron chi connectivity index (χ1n) is 10.5. The first-order chi connectivity index (χ1) is 14.5. The lowest BCUT2D eigenvalue weighted by molar-refractivity contribution is 0.0590. The molecule has 0 fully saturated rings. The minimum absolute atomic E-state index is 0. The van der Waals surface area contributed by atoms with Gasteiger partial charge in [0.15, 0.2) is 17.2 Å². The quantitative estimate of drug-likeness (QED) is 0.518. The largest absolute Gasteiger partial charge is 0.474 e. The molecule has 164 valence electrons. The molecular formula is C25H29ClN2O3. The Morgan fingerprint density at radius 3 is 2.58 bits per heavy atom. The van der Waals surface area contributed by atoms with Gasteiger partial charge in [-0.1, -0.05) is 30.3 Å². The van der Waals surface area contributed by atoms with E-state index in [4.69, 9.17) is 9.47 Å². The Labute approximate surface area is 189 Å². The Balaban J connectivity index is 0.00000272. The maximum atomic E-state index is 12.5. The van der Waals surface area contributed by atoms with Gasteiger partial charge in [0.05, 0.1) is 12.7 Å². The van der Waals surface area contributed by atoms with Gasteiger partial charge in [-0.15, -0.1) is 12.4 Å². The average Bonchev–Trinajstić information content (AvgIpc) is 3.29. The summed E-state index contributed by atoms with van der Waals surface area (Å²) in [7, 11) is 0. The van der Waals surface area contributed by atoms with Crippen LogP contribution in [0.15, 0.2) is 54.9 Å². The van der Waals surface area contributed by atoms with Gasteiger partial charge in [-0.25, -0.2) is 4.98 Å². The monoisotopic (exact) mass is 440 g/mol. The Morgan fingerprint density at radius 1 is 1.13 bits per heavy atom. The van der Waals surface area contributed by atoms with Gasteiger partial charge >= 0.3 is 0 Å². The number of fused-ring (bicyclic) bond motifs is 1. The topological polar surface area (TPSA) is 64.2 Å². The molecule has 31 heavy (non-hydrogen) atoms. The Hall–Kier alpha value is -2.63.